The fraction of sp³-hybridized carbons (Fsp3) is 0.455. The number of ketones is 1. The maximum atomic E-state index is 11.0. The highest BCUT2D eigenvalue weighted by Crippen LogP contribution is 2.17. The van der Waals surface area contributed by atoms with Crippen LogP contribution in [0.25, 0.3) is 0 Å². The molecule has 1 aliphatic carbocycles. The lowest BCUT2D eigenvalue weighted by atomic mass is 10.2. The highest BCUT2D eigenvalue weighted by Gasteiger charge is 2.18. The van der Waals surface area contributed by atoms with E-state index in [4.69, 9.17) is 0 Å². The van der Waals surface area contributed by atoms with Crippen molar-refractivity contribution in [1.82, 2.24) is 4.98 Å². The van der Waals surface area contributed by atoms with Gasteiger partial charge in [0.1, 0.15) is 5.78 Å². The molecule has 13 heavy (non-hydrogen) atoms. The molecule has 0 saturated carbocycles. The fourth-order valence-electron chi connectivity index (χ4n) is 1.43. The molecule has 0 aromatic carbocycles. The first-order chi connectivity index (χ1) is 6.25. The molecule has 0 fully saturated rings. The van der Waals surface area contributed by atoms with E-state index < -0.39 is 0 Å². The topological polar surface area (TPSA) is 30.0 Å². The molecule has 70 valence electrons. The van der Waals surface area contributed by atoms with Gasteiger partial charge >= 0.3 is 0 Å². The zero-order chi connectivity index (χ0) is 9.84. The molecular weight excluding hydrogens is 162 g/mol. The number of nitrogens with zero attached hydrogens (tertiary/aromatic N) is 1. The molecule has 0 radical (unpaired) electrons. The van der Waals surface area contributed by atoms with Gasteiger partial charge in [0.25, 0.3) is 0 Å². The largest absolute Gasteiger partial charge is 0.299 e. The smallest absolute Gasteiger partial charge is 0.143 e. The van der Waals surface area contributed by atoms with Crippen LogP contribution in [-0.4, -0.2) is 10.8 Å². The van der Waals surface area contributed by atoms with Crippen molar-refractivity contribution in [2.24, 2.45) is 0 Å². The monoisotopic (exact) mass is 177 g/mol. The third kappa shape index (κ3) is 2.14. The maximum Gasteiger partial charge on any atom is 0.143 e. The van der Waals surface area contributed by atoms with Crippen LogP contribution in [0.4, 0.5) is 0 Å². The summed E-state index contributed by atoms with van der Waals surface area (Å²) in [6, 6.07) is 2.05. The van der Waals surface area contributed by atoms with Crippen LogP contribution in [0.3, 0.4) is 0 Å². The van der Waals surface area contributed by atoms with Crippen molar-refractivity contribution in [2.45, 2.75) is 33.6 Å². The number of rotatable bonds is 0. The molecule has 0 amide bonds. The lowest BCUT2D eigenvalue weighted by Crippen LogP contribution is -1.93. The Balaban J connectivity index is 0.000000396. The summed E-state index contributed by atoms with van der Waals surface area (Å²) in [5.74, 6) is 0.290. The molecule has 1 aromatic heterocycles. The van der Waals surface area contributed by atoms with Crippen molar-refractivity contribution >= 4 is 5.78 Å². The lowest BCUT2D eigenvalue weighted by molar-refractivity contribution is -0.117. The number of aromatic nitrogens is 1. The van der Waals surface area contributed by atoms with Crippen LogP contribution in [0.1, 0.15) is 30.7 Å². The summed E-state index contributed by atoms with van der Waals surface area (Å²) in [5, 5.41) is 0. The fourth-order valence-corrected chi connectivity index (χ4v) is 1.43. The van der Waals surface area contributed by atoms with Crippen LogP contribution in [0.15, 0.2) is 12.3 Å². The Morgan fingerprint density at radius 1 is 1.31 bits per heavy atom. The molecule has 2 heteroatoms. The first-order valence-corrected chi connectivity index (χ1v) is 4.72. The summed E-state index contributed by atoms with van der Waals surface area (Å²) in [4.78, 5) is 15.2. The summed E-state index contributed by atoms with van der Waals surface area (Å²) in [6.07, 6.45) is 2.94. The summed E-state index contributed by atoms with van der Waals surface area (Å²) in [7, 11) is 0. The van der Waals surface area contributed by atoms with Crippen LogP contribution < -0.4 is 0 Å². The average molecular weight is 177 g/mol. The van der Waals surface area contributed by atoms with Gasteiger partial charge in [0.15, 0.2) is 0 Å². The number of aryl methyl sites for hydroxylation is 1. The summed E-state index contributed by atoms with van der Waals surface area (Å²) in [6.45, 7) is 6.00. The average Bonchev–Trinajstić information content (AvgIpc) is 2.48. The summed E-state index contributed by atoms with van der Waals surface area (Å²) in [5.41, 5.74) is 3.23. The van der Waals surface area contributed by atoms with Crippen LogP contribution in [0, 0.1) is 6.92 Å². The Morgan fingerprint density at radius 2 is 2.00 bits per heavy atom. The van der Waals surface area contributed by atoms with Crippen molar-refractivity contribution in [3.63, 3.8) is 0 Å². The summed E-state index contributed by atoms with van der Waals surface area (Å²) < 4.78 is 0. The van der Waals surface area contributed by atoms with E-state index in [1.54, 1.807) is 0 Å². The highest BCUT2D eigenvalue weighted by molar-refractivity contribution is 5.87. The van der Waals surface area contributed by atoms with Gasteiger partial charge in [-0.2, -0.15) is 0 Å². The molecule has 0 aliphatic heterocycles. The predicted octanol–water partition coefficient (Wildman–Crippen LogP) is 2.08. The Bertz CT molecular complexity index is 318. The molecule has 1 aromatic rings. The van der Waals surface area contributed by atoms with Gasteiger partial charge in [-0.25, -0.2) is 0 Å². The molecule has 2 rings (SSSR count). The molecular formula is C11H15NO. The first kappa shape index (κ1) is 9.90. The second-order valence-corrected chi connectivity index (χ2v) is 3.01. The van der Waals surface area contributed by atoms with Gasteiger partial charge in [0, 0.05) is 19.0 Å². The standard InChI is InChI=1S/C9H9NO.C2H6/c1-6-2-7-3-8(11)4-9(7)10-5-6;1-2/h2,5H,3-4H2,1H3;1-2H3. The van der Waals surface area contributed by atoms with E-state index in [2.05, 4.69) is 4.98 Å². The van der Waals surface area contributed by atoms with Crippen molar-refractivity contribution in [3.8, 4) is 0 Å². The number of fused-ring (bicyclic) bond motifs is 1. The van der Waals surface area contributed by atoms with Gasteiger partial charge in [0.05, 0.1) is 5.69 Å². The Morgan fingerprint density at radius 3 is 2.69 bits per heavy atom. The first-order valence-electron chi connectivity index (χ1n) is 4.72. The van der Waals surface area contributed by atoms with E-state index in [-0.39, 0.29) is 5.78 Å². The number of carbonyl (C=O) groups is 1. The molecule has 0 N–H and O–H groups in total. The number of pyridine rings is 1. The van der Waals surface area contributed by atoms with Gasteiger partial charge in [-0.1, -0.05) is 19.9 Å². The van der Waals surface area contributed by atoms with Crippen LogP contribution in [0.5, 0.6) is 0 Å². The molecule has 0 unspecified atom stereocenters. The Kier molecular flexibility index (Phi) is 3.18. The van der Waals surface area contributed by atoms with E-state index in [0.717, 1.165) is 16.8 Å². The second kappa shape index (κ2) is 4.17. The minimum Gasteiger partial charge on any atom is -0.299 e. The number of hydrogen-bond acceptors (Lipinski definition) is 2. The van der Waals surface area contributed by atoms with Gasteiger partial charge in [-0.05, 0) is 18.1 Å². The van der Waals surface area contributed by atoms with Crippen LogP contribution in [-0.2, 0) is 17.6 Å². The van der Waals surface area contributed by atoms with Gasteiger partial charge < -0.3 is 0 Å². The Labute approximate surface area is 79.0 Å². The molecule has 0 saturated heterocycles. The van der Waals surface area contributed by atoms with E-state index in [1.807, 2.05) is 33.0 Å². The molecule has 0 bridgehead atoms. The molecule has 0 atom stereocenters. The maximum absolute atomic E-state index is 11.0. The quantitative estimate of drug-likeness (QED) is 0.607. The van der Waals surface area contributed by atoms with E-state index in [0.29, 0.717) is 12.8 Å². The lowest BCUT2D eigenvalue weighted by Gasteiger charge is -1.96. The van der Waals surface area contributed by atoms with Crippen LogP contribution >= 0.6 is 0 Å². The van der Waals surface area contributed by atoms with Gasteiger partial charge in [-0.3, -0.25) is 9.78 Å². The normalized spacial score (nSPS) is 13.3. The molecule has 1 heterocycles. The third-order valence-corrected chi connectivity index (χ3v) is 1.95. The van der Waals surface area contributed by atoms with Crippen LogP contribution in [0.2, 0.25) is 0 Å². The van der Waals surface area contributed by atoms with E-state index >= 15 is 0 Å². The molecule has 0 spiro atoms. The van der Waals surface area contributed by atoms with Gasteiger partial charge in [-0.15, -0.1) is 0 Å². The highest BCUT2D eigenvalue weighted by atomic mass is 16.1. The van der Waals surface area contributed by atoms with E-state index in [9.17, 15) is 4.79 Å². The number of Topliss-reactive ketones (excluding diaryl/α,β-unsaturated/α-hetero) is 1. The van der Waals surface area contributed by atoms with E-state index in [1.165, 1.54) is 0 Å². The Hall–Kier alpha value is -1.18. The summed E-state index contributed by atoms with van der Waals surface area (Å²) >= 11 is 0. The zero-order valence-corrected chi connectivity index (χ0v) is 8.42. The molecule has 1 aliphatic rings. The minimum atomic E-state index is 0.290. The number of hydrogen-bond donors (Lipinski definition) is 0. The molecule has 2 nitrogen and oxygen atoms in total. The van der Waals surface area contributed by atoms with Crippen molar-refractivity contribution < 1.29 is 4.79 Å². The van der Waals surface area contributed by atoms with Crippen molar-refractivity contribution in [2.75, 3.05) is 0 Å². The third-order valence-electron chi connectivity index (χ3n) is 1.95. The second-order valence-electron chi connectivity index (χ2n) is 3.01. The van der Waals surface area contributed by atoms with Gasteiger partial charge in [0.2, 0.25) is 0 Å². The van der Waals surface area contributed by atoms with Crippen molar-refractivity contribution in [1.29, 1.82) is 0 Å². The predicted molar refractivity (Wildman–Crippen MR) is 52.7 cm³/mol. The van der Waals surface area contributed by atoms with Crippen molar-refractivity contribution in [3.05, 3.63) is 29.1 Å². The number of carbonyl (C=O) groups excluding carboxylic acids is 1. The zero-order valence-electron chi connectivity index (χ0n) is 8.42. The SMILES string of the molecule is CC.Cc1cnc2c(c1)CC(=O)C2. The minimum absolute atomic E-state index is 0.290.